The van der Waals surface area contributed by atoms with E-state index in [4.69, 9.17) is 4.74 Å². The van der Waals surface area contributed by atoms with Crippen LogP contribution in [0.15, 0.2) is 65.8 Å². The number of hydrogen-bond acceptors (Lipinski definition) is 4. The average Bonchev–Trinajstić information content (AvgIpc) is 2.83. The van der Waals surface area contributed by atoms with Crippen molar-refractivity contribution in [1.82, 2.24) is 5.43 Å². The molecular weight excluding hydrogens is 459 g/mol. The molecule has 0 saturated heterocycles. The monoisotopic (exact) mass is 485 g/mol. The molecule has 3 rings (SSSR count). The van der Waals surface area contributed by atoms with E-state index in [2.05, 4.69) is 22.8 Å². The second-order valence-corrected chi connectivity index (χ2v) is 7.82. The Balaban J connectivity index is 1.58. The van der Waals surface area contributed by atoms with Crippen molar-refractivity contribution in [2.45, 2.75) is 38.8 Å². The molecule has 3 aromatic rings. The van der Waals surface area contributed by atoms with Crippen LogP contribution in [-0.4, -0.2) is 24.6 Å². The lowest BCUT2D eigenvalue weighted by Gasteiger charge is -2.11. The molecule has 0 aliphatic carbocycles. The first-order chi connectivity index (χ1) is 16.8. The summed E-state index contributed by atoms with van der Waals surface area (Å²) in [6, 6.07) is 15.8. The molecule has 9 heteroatoms. The van der Waals surface area contributed by atoms with Gasteiger partial charge in [0.2, 0.25) is 11.8 Å². The maximum atomic E-state index is 12.8. The van der Waals surface area contributed by atoms with E-state index in [1.54, 1.807) is 0 Å². The predicted molar refractivity (Wildman–Crippen MR) is 129 cm³/mol. The lowest BCUT2D eigenvalue weighted by molar-refractivity contribution is -0.137. The minimum absolute atomic E-state index is 0.00909. The van der Waals surface area contributed by atoms with Gasteiger partial charge in [-0.15, -0.1) is 0 Å². The van der Waals surface area contributed by atoms with Gasteiger partial charge in [-0.25, -0.2) is 5.43 Å². The molecule has 35 heavy (non-hydrogen) atoms. The summed E-state index contributed by atoms with van der Waals surface area (Å²) in [5.74, 6) is -0.436. The van der Waals surface area contributed by atoms with Crippen LogP contribution in [0.4, 0.5) is 18.9 Å². The molecule has 0 heterocycles. The van der Waals surface area contributed by atoms with Gasteiger partial charge in [0.05, 0.1) is 18.4 Å². The molecule has 2 amide bonds. The van der Waals surface area contributed by atoms with Gasteiger partial charge in [-0.05, 0) is 41.5 Å². The summed E-state index contributed by atoms with van der Waals surface area (Å²) in [6.45, 7) is 2.63. The normalized spacial score (nSPS) is 11.5. The van der Waals surface area contributed by atoms with E-state index in [-0.39, 0.29) is 18.5 Å². The first-order valence-electron chi connectivity index (χ1n) is 11.2. The summed E-state index contributed by atoms with van der Waals surface area (Å²) >= 11 is 0. The first kappa shape index (κ1) is 25.7. The van der Waals surface area contributed by atoms with E-state index in [9.17, 15) is 22.8 Å². The largest absolute Gasteiger partial charge is 0.493 e. The smallest absolute Gasteiger partial charge is 0.416 e. The molecule has 0 aliphatic heterocycles. The van der Waals surface area contributed by atoms with Crippen LogP contribution in [0.3, 0.4) is 0 Å². The average molecular weight is 486 g/mol. The van der Waals surface area contributed by atoms with Crippen LogP contribution >= 0.6 is 0 Å². The maximum Gasteiger partial charge on any atom is 0.416 e. The topological polar surface area (TPSA) is 79.8 Å². The van der Waals surface area contributed by atoms with Crippen LogP contribution in [0.5, 0.6) is 5.75 Å². The lowest BCUT2D eigenvalue weighted by Crippen LogP contribution is -2.21. The van der Waals surface area contributed by atoms with Crippen LogP contribution < -0.4 is 15.5 Å². The van der Waals surface area contributed by atoms with Crippen LogP contribution in [0.25, 0.3) is 10.8 Å². The number of nitrogens with one attached hydrogen (secondary N) is 2. The summed E-state index contributed by atoms with van der Waals surface area (Å²) in [5, 5.41) is 8.30. The number of ether oxygens (including phenoxy) is 1. The van der Waals surface area contributed by atoms with Gasteiger partial charge in [-0.1, -0.05) is 49.7 Å². The molecule has 2 N–H and O–H groups in total. The summed E-state index contributed by atoms with van der Waals surface area (Å²) in [5.41, 5.74) is 2.25. The Morgan fingerprint density at radius 1 is 1.00 bits per heavy atom. The summed E-state index contributed by atoms with van der Waals surface area (Å²) < 4.78 is 44.3. The van der Waals surface area contributed by atoms with Crippen molar-refractivity contribution < 1.29 is 27.5 Å². The van der Waals surface area contributed by atoms with Crippen LogP contribution in [0.1, 0.15) is 43.7 Å². The van der Waals surface area contributed by atoms with E-state index in [0.29, 0.717) is 12.4 Å². The zero-order chi connectivity index (χ0) is 25.3. The molecule has 0 aliphatic rings. The number of carbonyl (C=O) groups excluding carboxylic acids is 2. The van der Waals surface area contributed by atoms with Crippen molar-refractivity contribution in [2.24, 2.45) is 5.10 Å². The van der Waals surface area contributed by atoms with Crippen molar-refractivity contribution in [3.63, 3.8) is 0 Å². The standard InChI is InChI=1S/C26H26F3N3O3/c1-2-3-15-35-23-12-11-18-7-4-5-10-21(18)22(23)17-30-32-25(34)14-13-24(33)31-20-9-6-8-19(16-20)26(27,28)29/h4-12,16-17H,2-3,13-15H2,1H3,(H,31,33)(H,32,34). The molecule has 0 radical (unpaired) electrons. The first-order valence-corrected chi connectivity index (χ1v) is 11.2. The molecule has 6 nitrogen and oxygen atoms in total. The van der Waals surface area contributed by atoms with Gasteiger partial charge in [-0.2, -0.15) is 18.3 Å². The van der Waals surface area contributed by atoms with Gasteiger partial charge in [0.1, 0.15) is 5.75 Å². The minimum atomic E-state index is -4.51. The number of alkyl halides is 3. The van der Waals surface area contributed by atoms with Gasteiger partial charge in [0.15, 0.2) is 0 Å². The molecule has 184 valence electrons. The molecule has 0 spiro atoms. The van der Waals surface area contributed by atoms with E-state index in [0.717, 1.165) is 41.3 Å². The molecule has 0 fully saturated rings. The number of nitrogens with zero attached hydrogens (tertiary/aromatic N) is 1. The van der Waals surface area contributed by atoms with Crippen molar-refractivity contribution in [2.75, 3.05) is 11.9 Å². The predicted octanol–water partition coefficient (Wildman–Crippen LogP) is 5.91. The fraction of sp³-hybridized carbons (Fsp3) is 0.269. The molecule has 0 unspecified atom stereocenters. The van der Waals surface area contributed by atoms with Gasteiger partial charge in [0.25, 0.3) is 0 Å². The van der Waals surface area contributed by atoms with Crippen molar-refractivity contribution in [3.05, 3.63) is 71.8 Å². The van der Waals surface area contributed by atoms with Gasteiger partial charge in [-0.3, -0.25) is 9.59 Å². The number of rotatable bonds is 10. The highest BCUT2D eigenvalue weighted by Gasteiger charge is 2.30. The van der Waals surface area contributed by atoms with E-state index in [1.807, 2.05) is 36.4 Å². The summed E-state index contributed by atoms with van der Waals surface area (Å²) in [4.78, 5) is 24.2. The van der Waals surface area contributed by atoms with Gasteiger partial charge >= 0.3 is 6.18 Å². The third kappa shape index (κ3) is 7.56. The number of halogens is 3. The summed E-state index contributed by atoms with van der Waals surface area (Å²) in [7, 11) is 0. The van der Waals surface area contributed by atoms with Crippen LogP contribution in [0, 0.1) is 0 Å². The highest BCUT2D eigenvalue weighted by molar-refractivity contribution is 6.02. The number of fused-ring (bicyclic) bond motifs is 1. The Bertz CT molecular complexity index is 1210. The zero-order valence-electron chi connectivity index (χ0n) is 19.2. The maximum absolute atomic E-state index is 12.8. The molecule has 0 atom stereocenters. The van der Waals surface area contributed by atoms with E-state index in [1.165, 1.54) is 18.3 Å². The highest BCUT2D eigenvalue weighted by Crippen LogP contribution is 2.30. The number of amides is 2. The van der Waals surface area contributed by atoms with Crippen molar-refractivity contribution in [1.29, 1.82) is 0 Å². The Kier molecular flexibility index (Phi) is 8.83. The zero-order valence-corrected chi connectivity index (χ0v) is 19.2. The van der Waals surface area contributed by atoms with Gasteiger partial charge in [0, 0.05) is 24.1 Å². The minimum Gasteiger partial charge on any atom is -0.493 e. The lowest BCUT2D eigenvalue weighted by atomic mass is 10.0. The van der Waals surface area contributed by atoms with E-state index >= 15 is 0 Å². The Morgan fingerprint density at radius 3 is 2.54 bits per heavy atom. The van der Waals surface area contributed by atoms with Crippen molar-refractivity contribution >= 4 is 34.5 Å². The molecule has 0 saturated carbocycles. The fourth-order valence-electron chi connectivity index (χ4n) is 3.31. The fourth-order valence-corrected chi connectivity index (χ4v) is 3.31. The third-order valence-corrected chi connectivity index (χ3v) is 5.12. The number of carbonyl (C=O) groups is 2. The Hall–Kier alpha value is -3.88. The van der Waals surface area contributed by atoms with Gasteiger partial charge < -0.3 is 10.1 Å². The quantitative estimate of drug-likeness (QED) is 0.213. The third-order valence-electron chi connectivity index (χ3n) is 5.12. The molecule has 0 aromatic heterocycles. The molecular formula is C26H26F3N3O3. The second kappa shape index (κ2) is 12.0. The highest BCUT2D eigenvalue weighted by atomic mass is 19.4. The number of hydrazone groups is 1. The number of anilines is 1. The second-order valence-electron chi connectivity index (χ2n) is 7.82. The van der Waals surface area contributed by atoms with E-state index < -0.39 is 23.6 Å². The number of hydrogen-bond donors (Lipinski definition) is 2. The number of benzene rings is 3. The number of unbranched alkanes of at least 4 members (excludes halogenated alkanes) is 1. The SMILES string of the molecule is CCCCOc1ccc2ccccc2c1C=NNC(=O)CCC(=O)Nc1cccc(C(F)(F)F)c1. The molecule has 3 aromatic carbocycles. The van der Waals surface area contributed by atoms with Crippen molar-refractivity contribution in [3.8, 4) is 5.75 Å². The molecule has 0 bridgehead atoms. The summed E-state index contributed by atoms with van der Waals surface area (Å²) in [6.07, 6.45) is -1.50. The van der Waals surface area contributed by atoms with Crippen LogP contribution in [-0.2, 0) is 15.8 Å². The Morgan fingerprint density at radius 2 is 1.77 bits per heavy atom. The van der Waals surface area contributed by atoms with Crippen LogP contribution in [0.2, 0.25) is 0 Å². The Labute approximate surface area is 201 Å².